The van der Waals surface area contributed by atoms with Crippen molar-refractivity contribution in [2.75, 3.05) is 40.4 Å². The summed E-state index contributed by atoms with van der Waals surface area (Å²) in [7, 11) is 2.75. The van der Waals surface area contributed by atoms with Crippen LogP contribution in [0.4, 0.5) is 0 Å². The van der Waals surface area contributed by atoms with Gasteiger partial charge in [-0.1, -0.05) is 0 Å². The van der Waals surface area contributed by atoms with Crippen molar-refractivity contribution in [2.24, 2.45) is 5.92 Å². The number of hydrogen-bond acceptors (Lipinski definition) is 6. The summed E-state index contributed by atoms with van der Waals surface area (Å²) < 4.78 is 9.25. The first-order valence-electron chi connectivity index (χ1n) is 7.20. The second-order valence-corrected chi connectivity index (χ2v) is 5.10. The van der Waals surface area contributed by atoms with Crippen LogP contribution in [0, 0.1) is 5.92 Å². The molecule has 0 aromatic rings. The van der Waals surface area contributed by atoms with Crippen LogP contribution in [0.15, 0.2) is 0 Å². The molecule has 1 saturated heterocycles. The van der Waals surface area contributed by atoms with E-state index < -0.39 is 0 Å². The predicted molar refractivity (Wildman–Crippen MR) is 75.4 cm³/mol. The third-order valence-corrected chi connectivity index (χ3v) is 3.60. The van der Waals surface area contributed by atoms with Crippen LogP contribution in [-0.2, 0) is 23.9 Å². The van der Waals surface area contributed by atoms with Gasteiger partial charge >= 0.3 is 11.9 Å². The van der Waals surface area contributed by atoms with Gasteiger partial charge in [-0.3, -0.25) is 19.3 Å². The summed E-state index contributed by atoms with van der Waals surface area (Å²) in [6.45, 7) is 2.23. The van der Waals surface area contributed by atoms with Gasteiger partial charge in [-0.15, -0.1) is 0 Å². The van der Waals surface area contributed by atoms with Crippen molar-refractivity contribution in [2.45, 2.75) is 25.7 Å². The highest BCUT2D eigenvalue weighted by Crippen LogP contribution is 2.17. The highest BCUT2D eigenvalue weighted by Gasteiger charge is 2.26. The molecule has 0 atom stereocenters. The minimum Gasteiger partial charge on any atom is -0.469 e. The van der Waals surface area contributed by atoms with E-state index in [4.69, 9.17) is 4.74 Å². The van der Waals surface area contributed by atoms with Crippen molar-refractivity contribution in [3.05, 3.63) is 0 Å². The topological polar surface area (TPSA) is 84.9 Å². The molecular weight excluding hydrogens is 276 g/mol. The minimum absolute atomic E-state index is 0.0469. The highest BCUT2D eigenvalue weighted by molar-refractivity contribution is 5.78. The molecule has 0 saturated carbocycles. The molecule has 1 aliphatic heterocycles. The average Bonchev–Trinajstić information content (AvgIpc) is 2.51. The zero-order valence-corrected chi connectivity index (χ0v) is 12.7. The Morgan fingerprint density at radius 3 is 2.38 bits per heavy atom. The number of esters is 2. The standard InChI is InChI=1S/C14H24N2O5/c1-20-13(18)4-3-7-15-12(17)10-16-8-5-11(6-9-16)14(19)21-2/h11H,3-10H2,1-2H3,(H,15,17). The summed E-state index contributed by atoms with van der Waals surface area (Å²) in [5.74, 6) is -0.540. The van der Waals surface area contributed by atoms with Crippen molar-refractivity contribution in [3.8, 4) is 0 Å². The number of nitrogens with zero attached hydrogens (tertiary/aromatic N) is 1. The van der Waals surface area contributed by atoms with Gasteiger partial charge in [0.05, 0.1) is 26.7 Å². The van der Waals surface area contributed by atoms with Gasteiger partial charge in [-0.25, -0.2) is 0 Å². The lowest BCUT2D eigenvalue weighted by molar-refractivity contribution is -0.147. The van der Waals surface area contributed by atoms with E-state index in [0.29, 0.717) is 25.9 Å². The van der Waals surface area contributed by atoms with E-state index in [9.17, 15) is 14.4 Å². The van der Waals surface area contributed by atoms with Gasteiger partial charge < -0.3 is 14.8 Å². The molecule has 1 heterocycles. The van der Waals surface area contributed by atoms with Crippen molar-refractivity contribution in [1.29, 1.82) is 0 Å². The Bertz CT molecular complexity index is 364. The Morgan fingerprint density at radius 1 is 1.14 bits per heavy atom. The van der Waals surface area contributed by atoms with Crippen molar-refractivity contribution >= 4 is 17.8 Å². The van der Waals surface area contributed by atoms with Gasteiger partial charge in [-0.05, 0) is 32.4 Å². The van der Waals surface area contributed by atoms with Gasteiger partial charge in [0, 0.05) is 13.0 Å². The zero-order valence-electron chi connectivity index (χ0n) is 12.7. The maximum Gasteiger partial charge on any atom is 0.308 e. The molecule has 7 nitrogen and oxygen atoms in total. The molecular formula is C14H24N2O5. The quantitative estimate of drug-likeness (QED) is 0.524. The number of methoxy groups -OCH3 is 2. The third-order valence-electron chi connectivity index (χ3n) is 3.60. The Labute approximate surface area is 124 Å². The van der Waals surface area contributed by atoms with Gasteiger partial charge in [0.15, 0.2) is 0 Å². The Balaban J connectivity index is 2.13. The summed E-state index contributed by atoms with van der Waals surface area (Å²) in [6, 6.07) is 0. The monoisotopic (exact) mass is 300 g/mol. The molecule has 1 fully saturated rings. The number of nitrogens with one attached hydrogen (secondary N) is 1. The third kappa shape index (κ3) is 6.57. The number of amides is 1. The van der Waals surface area contributed by atoms with Crippen LogP contribution in [0.2, 0.25) is 0 Å². The fraction of sp³-hybridized carbons (Fsp3) is 0.786. The average molecular weight is 300 g/mol. The molecule has 0 aromatic carbocycles. The molecule has 1 aliphatic rings. The number of hydrogen-bond donors (Lipinski definition) is 1. The summed E-state index contributed by atoms with van der Waals surface area (Å²) >= 11 is 0. The number of carbonyl (C=O) groups is 3. The molecule has 1 amide bonds. The molecule has 1 N–H and O–H groups in total. The SMILES string of the molecule is COC(=O)CCCNC(=O)CN1CCC(C(=O)OC)CC1. The lowest BCUT2D eigenvalue weighted by Crippen LogP contribution is -2.43. The van der Waals surface area contributed by atoms with Gasteiger partial charge in [0.1, 0.15) is 0 Å². The molecule has 0 aromatic heterocycles. The lowest BCUT2D eigenvalue weighted by atomic mass is 9.97. The van der Waals surface area contributed by atoms with Crippen LogP contribution < -0.4 is 5.32 Å². The number of carbonyl (C=O) groups excluding carboxylic acids is 3. The van der Waals surface area contributed by atoms with Crippen LogP contribution in [0.1, 0.15) is 25.7 Å². The molecule has 0 radical (unpaired) electrons. The predicted octanol–water partition coefficient (Wildman–Crippen LogP) is -0.0592. The first kappa shape index (κ1) is 17.4. The van der Waals surface area contributed by atoms with E-state index in [1.54, 1.807) is 0 Å². The largest absolute Gasteiger partial charge is 0.469 e. The molecule has 0 bridgehead atoms. The Kier molecular flexibility index (Phi) is 7.74. The number of piperidine rings is 1. The number of rotatable bonds is 7. The molecule has 120 valence electrons. The van der Waals surface area contributed by atoms with E-state index in [0.717, 1.165) is 25.9 Å². The summed E-state index contributed by atoms with van der Waals surface area (Å²) in [5.41, 5.74) is 0. The molecule has 0 aliphatic carbocycles. The van der Waals surface area contributed by atoms with Crippen molar-refractivity contribution < 1.29 is 23.9 Å². The first-order valence-corrected chi connectivity index (χ1v) is 7.20. The summed E-state index contributed by atoms with van der Waals surface area (Å²) in [5, 5.41) is 2.77. The second-order valence-electron chi connectivity index (χ2n) is 5.10. The van der Waals surface area contributed by atoms with E-state index in [1.165, 1.54) is 14.2 Å². The number of ether oxygens (including phenoxy) is 2. The maximum atomic E-state index is 11.7. The maximum absolute atomic E-state index is 11.7. The smallest absolute Gasteiger partial charge is 0.308 e. The van der Waals surface area contributed by atoms with Gasteiger partial charge in [0.2, 0.25) is 5.91 Å². The van der Waals surface area contributed by atoms with Crippen LogP contribution in [-0.4, -0.2) is 63.1 Å². The second kappa shape index (κ2) is 9.33. The first-order chi connectivity index (χ1) is 10.1. The zero-order chi connectivity index (χ0) is 15.7. The van der Waals surface area contributed by atoms with E-state index >= 15 is 0 Å². The fourth-order valence-electron chi connectivity index (χ4n) is 2.32. The minimum atomic E-state index is -0.269. The molecule has 1 rings (SSSR count). The highest BCUT2D eigenvalue weighted by atomic mass is 16.5. The van der Waals surface area contributed by atoms with E-state index in [-0.39, 0.29) is 23.8 Å². The molecule has 7 heteroatoms. The van der Waals surface area contributed by atoms with Crippen LogP contribution in [0.5, 0.6) is 0 Å². The van der Waals surface area contributed by atoms with Crippen LogP contribution in [0.25, 0.3) is 0 Å². The van der Waals surface area contributed by atoms with E-state index in [1.807, 2.05) is 4.90 Å². The normalized spacial score (nSPS) is 16.3. The van der Waals surface area contributed by atoms with Crippen LogP contribution in [0.3, 0.4) is 0 Å². The van der Waals surface area contributed by atoms with Crippen molar-refractivity contribution in [3.63, 3.8) is 0 Å². The van der Waals surface area contributed by atoms with Gasteiger partial charge in [0.25, 0.3) is 0 Å². The Morgan fingerprint density at radius 2 is 1.81 bits per heavy atom. The number of likely N-dealkylation sites (tertiary alicyclic amines) is 1. The summed E-state index contributed by atoms with van der Waals surface area (Å²) in [4.78, 5) is 36.1. The molecule has 21 heavy (non-hydrogen) atoms. The molecule has 0 unspecified atom stereocenters. The lowest BCUT2D eigenvalue weighted by Gasteiger charge is -2.29. The summed E-state index contributed by atoms with van der Waals surface area (Å²) in [6.07, 6.45) is 2.33. The van der Waals surface area contributed by atoms with Crippen molar-refractivity contribution in [1.82, 2.24) is 10.2 Å². The fourth-order valence-corrected chi connectivity index (χ4v) is 2.32. The van der Waals surface area contributed by atoms with Gasteiger partial charge in [-0.2, -0.15) is 0 Å². The molecule has 0 spiro atoms. The Hall–Kier alpha value is -1.63. The van der Waals surface area contributed by atoms with Crippen LogP contribution >= 0.6 is 0 Å². The van der Waals surface area contributed by atoms with E-state index in [2.05, 4.69) is 10.1 Å².